The maximum absolute atomic E-state index is 12.2. The van der Waals surface area contributed by atoms with Crippen molar-refractivity contribution >= 4 is 17.6 Å². The van der Waals surface area contributed by atoms with Crippen molar-refractivity contribution in [1.29, 1.82) is 5.26 Å². The van der Waals surface area contributed by atoms with Gasteiger partial charge in [-0.25, -0.2) is 4.79 Å². The first-order valence-electron chi connectivity index (χ1n) is 9.23. The lowest BCUT2D eigenvalue weighted by molar-refractivity contribution is -0.136. The molecular formula is C25H21NO3. The van der Waals surface area contributed by atoms with Crippen LogP contribution in [0.15, 0.2) is 72.8 Å². The van der Waals surface area contributed by atoms with Gasteiger partial charge in [-0.1, -0.05) is 54.6 Å². The van der Waals surface area contributed by atoms with Crippen LogP contribution in [0.4, 0.5) is 0 Å². The maximum atomic E-state index is 12.2. The van der Waals surface area contributed by atoms with E-state index in [1.807, 2.05) is 68.4 Å². The summed E-state index contributed by atoms with van der Waals surface area (Å²) in [6.45, 7) is 3.71. The van der Waals surface area contributed by atoms with Gasteiger partial charge in [0.05, 0.1) is 11.6 Å². The van der Waals surface area contributed by atoms with Crippen LogP contribution in [0.5, 0.6) is 11.5 Å². The number of hydrogen-bond acceptors (Lipinski definition) is 4. The highest BCUT2D eigenvalue weighted by Crippen LogP contribution is 2.22. The first-order chi connectivity index (χ1) is 14.0. The monoisotopic (exact) mass is 383 g/mol. The van der Waals surface area contributed by atoms with Gasteiger partial charge >= 0.3 is 5.97 Å². The van der Waals surface area contributed by atoms with E-state index in [4.69, 9.17) is 9.47 Å². The molecule has 29 heavy (non-hydrogen) atoms. The average Bonchev–Trinajstić information content (AvgIpc) is 2.73. The summed E-state index contributed by atoms with van der Waals surface area (Å²) in [5.74, 6) is 0.578. The zero-order valence-corrected chi connectivity index (χ0v) is 16.4. The Morgan fingerprint density at radius 2 is 1.79 bits per heavy atom. The van der Waals surface area contributed by atoms with Crippen LogP contribution in [0, 0.1) is 25.2 Å². The van der Waals surface area contributed by atoms with Gasteiger partial charge < -0.3 is 9.47 Å². The summed E-state index contributed by atoms with van der Waals surface area (Å²) in [7, 11) is 0. The first kappa shape index (κ1) is 19.9. The Kier molecular flexibility index (Phi) is 6.44. The zero-order valence-electron chi connectivity index (χ0n) is 16.4. The molecule has 3 aromatic carbocycles. The summed E-state index contributed by atoms with van der Waals surface area (Å²) in [6, 6.07) is 24.5. The molecule has 0 aliphatic carbocycles. The summed E-state index contributed by atoms with van der Waals surface area (Å²) in [4.78, 5) is 12.2. The zero-order chi connectivity index (χ0) is 20.6. The number of aryl methyl sites for hydroxylation is 2. The number of ether oxygens (including phenoxy) is 2. The molecule has 0 bridgehead atoms. The number of nitriles is 1. The fourth-order valence-corrected chi connectivity index (χ4v) is 2.79. The molecule has 144 valence electrons. The predicted molar refractivity (Wildman–Crippen MR) is 113 cm³/mol. The van der Waals surface area contributed by atoms with Crippen molar-refractivity contribution in [2.45, 2.75) is 13.8 Å². The van der Waals surface area contributed by atoms with Crippen molar-refractivity contribution < 1.29 is 14.3 Å². The summed E-state index contributed by atoms with van der Waals surface area (Å²) in [5, 5.41) is 9.46. The number of carbonyl (C=O) groups excluding carboxylic acids is 1. The Morgan fingerprint density at radius 1 is 1.00 bits per heavy atom. The minimum atomic E-state index is -0.490. The highest BCUT2D eigenvalue weighted by molar-refractivity contribution is 5.89. The van der Waals surface area contributed by atoms with Crippen LogP contribution in [0.3, 0.4) is 0 Å². The molecule has 0 unspecified atom stereocenters. The van der Waals surface area contributed by atoms with Gasteiger partial charge in [0.1, 0.15) is 11.5 Å². The number of allylic oxidation sites excluding steroid dienone is 1. The normalized spacial score (nSPS) is 10.9. The third-order valence-corrected chi connectivity index (χ3v) is 4.30. The van der Waals surface area contributed by atoms with E-state index in [1.165, 1.54) is 0 Å². The highest BCUT2D eigenvalue weighted by atomic mass is 16.6. The van der Waals surface area contributed by atoms with Crippen molar-refractivity contribution in [2.75, 3.05) is 6.61 Å². The van der Waals surface area contributed by atoms with E-state index < -0.39 is 5.97 Å². The van der Waals surface area contributed by atoms with E-state index in [2.05, 4.69) is 6.07 Å². The Bertz CT molecular complexity index is 1080. The summed E-state index contributed by atoms with van der Waals surface area (Å²) >= 11 is 0. The van der Waals surface area contributed by atoms with Gasteiger partial charge in [0.2, 0.25) is 0 Å². The summed E-state index contributed by atoms with van der Waals surface area (Å²) in [5.41, 5.74) is 4.16. The SMILES string of the molecule is Cc1ccc(C)c(OCC(=O)Oc2cccc(/C=C(/C#N)c3ccccc3)c2)c1. The fourth-order valence-electron chi connectivity index (χ4n) is 2.79. The van der Waals surface area contributed by atoms with Crippen LogP contribution in [-0.2, 0) is 4.79 Å². The minimum Gasteiger partial charge on any atom is -0.482 e. The van der Waals surface area contributed by atoms with Crippen LogP contribution in [0.1, 0.15) is 22.3 Å². The second-order valence-corrected chi connectivity index (χ2v) is 6.64. The standard InChI is InChI=1S/C25H21NO3/c1-18-11-12-19(2)24(13-18)28-17-25(27)29-23-10-6-7-20(15-23)14-22(16-26)21-8-4-3-5-9-21/h3-15H,17H2,1-2H3/b22-14-. The lowest BCUT2D eigenvalue weighted by atomic mass is 10.0. The van der Waals surface area contributed by atoms with Crippen molar-refractivity contribution in [3.05, 3.63) is 95.1 Å². The predicted octanol–water partition coefficient (Wildman–Crippen LogP) is 5.35. The summed E-state index contributed by atoms with van der Waals surface area (Å²) < 4.78 is 11.0. The molecule has 0 amide bonds. The van der Waals surface area contributed by atoms with Crippen LogP contribution in [-0.4, -0.2) is 12.6 Å². The molecule has 0 saturated heterocycles. The number of esters is 1. The summed E-state index contributed by atoms with van der Waals surface area (Å²) in [6.07, 6.45) is 1.76. The Morgan fingerprint density at radius 3 is 2.55 bits per heavy atom. The number of nitrogens with zero attached hydrogens (tertiary/aromatic N) is 1. The third kappa shape index (κ3) is 5.57. The Labute approximate surface area is 170 Å². The Hall–Kier alpha value is -3.84. The lowest BCUT2D eigenvalue weighted by Crippen LogP contribution is -2.18. The molecule has 0 N–H and O–H groups in total. The van der Waals surface area contributed by atoms with E-state index in [0.717, 1.165) is 22.3 Å². The third-order valence-electron chi connectivity index (χ3n) is 4.30. The second-order valence-electron chi connectivity index (χ2n) is 6.64. The topological polar surface area (TPSA) is 59.3 Å². The molecule has 0 radical (unpaired) electrons. The quantitative estimate of drug-likeness (QED) is 0.249. The van der Waals surface area contributed by atoms with Crippen LogP contribution in [0.2, 0.25) is 0 Å². The van der Waals surface area contributed by atoms with E-state index in [1.54, 1.807) is 24.3 Å². The van der Waals surface area contributed by atoms with Crippen molar-refractivity contribution in [2.24, 2.45) is 0 Å². The molecule has 0 atom stereocenters. The molecule has 0 heterocycles. The number of carbonyl (C=O) groups is 1. The van der Waals surface area contributed by atoms with Crippen molar-refractivity contribution in [3.8, 4) is 17.6 Å². The van der Waals surface area contributed by atoms with E-state index >= 15 is 0 Å². The van der Waals surface area contributed by atoms with Gasteiger partial charge in [-0.15, -0.1) is 0 Å². The van der Waals surface area contributed by atoms with Crippen molar-refractivity contribution in [3.63, 3.8) is 0 Å². The Balaban J connectivity index is 1.68. The van der Waals surface area contributed by atoms with Crippen molar-refractivity contribution in [1.82, 2.24) is 0 Å². The fraction of sp³-hybridized carbons (Fsp3) is 0.120. The largest absolute Gasteiger partial charge is 0.482 e. The van der Waals surface area contributed by atoms with Gasteiger partial charge in [-0.2, -0.15) is 5.26 Å². The van der Waals surface area contributed by atoms with E-state index in [9.17, 15) is 10.1 Å². The molecule has 3 rings (SSSR count). The lowest BCUT2D eigenvalue weighted by Gasteiger charge is -2.10. The van der Waals surface area contributed by atoms with Crippen LogP contribution >= 0.6 is 0 Å². The van der Waals surface area contributed by atoms with Crippen LogP contribution in [0.25, 0.3) is 11.6 Å². The van der Waals surface area contributed by atoms with E-state index in [0.29, 0.717) is 17.1 Å². The number of rotatable bonds is 6. The van der Waals surface area contributed by atoms with Gasteiger partial charge in [0.15, 0.2) is 6.61 Å². The molecule has 0 aromatic heterocycles. The van der Waals surface area contributed by atoms with Gasteiger partial charge in [0, 0.05) is 0 Å². The molecule has 0 fully saturated rings. The minimum absolute atomic E-state index is 0.183. The van der Waals surface area contributed by atoms with Gasteiger partial charge in [0.25, 0.3) is 0 Å². The highest BCUT2D eigenvalue weighted by Gasteiger charge is 2.09. The molecular weight excluding hydrogens is 362 g/mol. The molecule has 4 heteroatoms. The molecule has 0 spiro atoms. The molecule has 4 nitrogen and oxygen atoms in total. The van der Waals surface area contributed by atoms with Crippen LogP contribution < -0.4 is 9.47 Å². The van der Waals surface area contributed by atoms with Gasteiger partial charge in [-0.05, 0) is 60.4 Å². The first-order valence-corrected chi connectivity index (χ1v) is 9.23. The average molecular weight is 383 g/mol. The molecule has 0 saturated carbocycles. The number of benzene rings is 3. The van der Waals surface area contributed by atoms with Gasteiger partial charge in [-0.3, -0.25) is 0 Å². The second kappa shape index (κ2) is 9.38. The number of hydrogen-bond donors (Lipinski definition) is 0. The molecule has 0 aliphatic rings. The van der Waals surface area contributed by atoms with E-state index in [-0.39, 0.29) is 6.61 Å². The molecule has 0 aliphatic heterocycles. The smallest absolute Gasteiger partial charge is 0.349 e. The molecule has 3 aromatic rings. The maximum Gasteiger partial charge on any atom is 0.349 e.